The molecule has 14 heavy (non-hydrogen) atoms. The fourth-order valence-electron chi connectivity index (χ4n) is 0.823. The summed E-state index contributed by atoms with van der Waals surface area (Å²) in [6.45, 7) is 1.80. The standard InChI is InChI=1S/C10H11BrO3/c1-7(10(12)13)6-14-9-4-2-8(11)3-5-9/h2-5,7H,6H2,1H3,(H,12,13). The lowest BCUT2D eigenvalue weighted by atomic mass is 10.2. The third-order valence-corrected chi connectivity index (χ3v) is 2.26. The summed E-state index contributed by atoms with van der Waals surface area (Å²) in [6.07, 6.45) is 0. The Labute approximate surface area is 90.8 Å². The Hall–Kier alpha value is -1.03. The summed E-state index contributed by atoms with van der Waals surface area (Å²) in [6, 6.07) is 7.28. The molecule has 1 unspecified atom stereocenters. The molecule has 0 saturated heterocycles. The van der Waals surface area contributed by atoms with Gasteiger partial charge in [0.2, 0.25) is 0 Å². The average Bonchev–Trinajstić information content (AvgIpc) is 2.16. The highest BCUT2D eigenvalue weighted by molar-refractivity contribution is 9.10. The summed E-state index contributed by atoms with van der Waals surface area (Å²) in [5.74, 6) is -0.651. The quantitative estimate of drug-likeness (QED) is 0.903. The fraction of sp³-hybridized carbons (Fsp3) is 0.300. The van der Waals surface area contributed by atoms with Gasteiger partial charge >= 0.3 is 5.97 Å². The molecule has 0 saturated carbocycles. The van der Waals surface area contributed by atoms with Crippen molar-refractivity contribution in [1.82, 2.24) is 0 Å². The maximum absolute atomic E-state index is 10.5. The highest BCUT2D eigenvalue weighted by atomic mass is 79.9. The molecule has 76 valence electrons. The van der Waals surface area contributed by atoms with Crippen LogP contribution in [0.3, 0.4) is 0 Å². The van der Waals surface area contributed by atoms with Crippen LogP contribution in [0.5, 0.6) is 5.75 Å². The van der Waals surface area contributed by atoms with Gasteiger partial charge in [-0.3, -0.25) is 4.79 Å². The van der Waals surface area contributed by atoms with E-state index in [2.05, 4.69) is 15.9 Å². The highest BCUT2D eigenvalue weighted by Gasteiger charge is 2.10. The SMILES string of the molecule is CC(COc1ccc(Br)cc1)C(=O)O. The number of halogens is 1. The van der Waals surface area contributed by atoms with Crippen molar-refractivity contribution in [2.24, 2.45) is 5.92 Å². The number of benzene rings is 1. The van der Waals surface area contributed by atoms with Gasteiger partial charge in [0.15, 0.2) is 0 Å². The zero-order chi connectivity index (χ0) is 10.6. The molecule has 1 N–H and O–H groups in total. The second kappa shape index (κ2) is 5.00. The second-order valence-corrected chi connectivity index (χ2v) is 3.92. The van der Waals surface area contributed by atoms with Crippen LogP contribution in [0.1, 0.15) is 6.92 Å². The largest absolute Gasteiger partial charge is 0.493 e. The van der Waals surface area contributed by atoms with E-state index in [1.807, 2.05) is 12.1 Å². The first kappa shape index (κ1) is 11.0. The lowest BCUT2D eigenvalue weighted by Gasteiger charge is -2.08. The Bertz CT molecular complexity index is 308. The molecular weight excluding hydrogens is 248 g/mol. The first-order valence-electron chi connectivity index (χ1n) is 4.21. The number of carboxylic acid groups (broad SMARTS) is 1. The van der Waals surface area contributed by atoms with Crippen molar-refractivity contribution in [2.45, 2.75) is 6.92 Å². The molecule has 0 aromatic heterocycles. The number of carboxylic acids is 1. The minimum Gasteiger partial charge on any atom is -0.493 e. The van der Waals surface area contributed by atoms with E-state index < -0.39 is 11.9 Å². The molecule has 0 amide bonds. The summed E-state index contributed by atoms with van der Waals surface area (Å²) in [5.41, 5.74) is 0. The average molecular weight is 259 g/mol. The molecule has 3 nitrogen and oxygen atoms in total. The lowest BCUT2D eigenvalue weighted by Crippen LogP contribution is -2.17. The topological polar surface area (TPSA) is 46.5 Å². The minimum atomic E-state index is -0.845. The van der Waals surface area contributed by atoms with Gasteiger partial charge in [0.25, 0.3) is 0 Å². The van der Waals surface area contributed by atoms with Gasteiger partial charge in [-0.05, 0) is 31.2 Å². The van der Waals surface area contributed by atoms with E-state index in [0.717, 1.165) is 4.47 Å². The second-order valence-electron chi connectivity index (χ2n) is 3.00. The molecule has 1 aromatic rings. The first-order chi connectivity index (χ1) is 6.59. The van der Waals surface area contributed by atoms with Crippen molar-refractivity contribution in [2.75, 3.05) is 6.61 Å². The Morgan fingerprint density at radius 1 is 1.50 bits per heavy atom. The van der Waals surface area contributed by atoms with E-state index in [1.165, 1.54) is 0 Å². The van der Waals surface area contributed by atoms with E-state index in [1.54, 1.807) is 19.1 Å². The number of aliphatic carboxylic acids is 1. The molecule has 0 aliphatic rings. The molecule has 0 fully saturated rings. The molecule has 0 spiro atoms. The third-order valence-electron chi connectivity index (χ3n) is 1.74. The number of rotatable bonds is 4. The van der Waals surface area contributed by atoms with Crippen molar-refractivity contribution < 1.29 is 14.6 Å². The predicted molar refractivity (Wildman–Crippen MR) is 56.4 cm³/mol. The van der Waals surface area contributed by atoms with Gasteiger partial charge < -0.3 is 9.84 Å². The van der Waals surface area contributed by atoms with Crippen LogP contribution in [-0.4, -0.2) is 17.7 Å². The van der Waals surface area contributed by atoms with Crippen LogP contribution in [0.25, 0.3) is 0 Å². The number of ether oxygens (including phenoxy) is 1. The molecule has 0 bridgehead atoms. The van der Waals surface area contributed by atoms with Gasteiger partial charge in [-0.25, -0.2) is 0 Å². The summed E-state index contributed by atoms with van der Waals surface area (Å²) < 4.78 is 6.25. The first-order valence-corrected chi connectivity index (χ1v) is 5.00. The van der Waals surface area contributed by atoms with Crippen molar-refractivity contribution in [1.29, 1.82) is 0 Å². The molecule has 1 rings (SSSR count). The van der Waals surface area contributed by atoms with Crippen LogP contribution in [-0.2, 0) is 4.79 Å². The Morgan fingerprint density at radius 3 is 2.57 bits per heavy atom. The van der Waals surface area contributed by atoms with Crippen LogP contribution in [0.4, 0.5) is 0 Å². The van der Waals surface area contributed by atoms with E-state index in [0.29, 0.717) is 5.75 Å². The van der Waals surface area contributed by atoms with Crippen molar-refractivity contribution in [3.8, 4) is 5.75 Å². The van der Waals surface area contributed by atoms with Crippen LogP contribution in [0.15, 0.2) is 28.7 Å². The van der Waals surface area contributed by atoms with Crippen LogP contribution < -0.4 is 4.74 Å². The van der Waals surface area contributed by atoms with E-state index in [-0.39, 0.29) is 6.61 Å². The molecule has 0 aliphatic carbocycles. The molecule has 1 atom stereocenters. The monoisotopic (exact) mass is 258 g/mol. The van der Waals surface area contributed by atoms with E-state index in [4.69, 9.17) is 9.84 Å². The van der Waals surface area contributed by atoms with Crippen molar-refractivity contribution >= 4 is 21.9 Å². The lowest BCUT2D eigenvalue weighted by molar-refractivity contribution is -0.142. The van der Waals surface area contributed by atoms with Gasteiger partial charge in [0, 0.05) is 4.47 Å². The maximum atomic E-state index is 10.5. The normalized spacial score (nSPS) is 12.1. The molecular formula is C10H11BrO3. The number of carbonyl (C=O) groups is 1. The summed E-state index contributed by atoms with van der Waals surface area (Å²) in [7, 11) is 0. The maximum Gasteiger partial charge on any atom is 0.309 e. The summed E-state index contributed by atoms with van der Waals surface area (Å²) in [4.78, 5) is 10.5. The van der Waals surface area contributed by atoms with Crippen LogP contribution in [0.2, 0.25) is 0 Å². The molecule has 4 heteroatoms. The predicted octanol–water partition coefficient (Wildman–Crippen LogP) is 2.55. The van der Waals surface area contributed by atoms with Crippen LogP contribution >= 0.6 is 15.9 Å². The van der Waals surface area contributed by atoms with Gasteiger partial charge in [-0.15, -0.1) is 0 Å². The molecule has 0 radical (unpaired) electrons. The van der Waals surface area contributed by atoms with Gasteiger partial charge in [-0.1, -0.05) is 15.9 Å². The molecule has 0 heterocycles. The zero-order valence-electron chi connectivity index (χ0n) is 7.74. The summed E-state index contributed by atoms with van der Waals surface area (Å²) >= 11 is 3.30. The van der Waals surface area contributed by atoms with Crippen molar-refractivity contribution in [3.05, 3.63) is 28.7 Å². The molecule has 0 aliphatic heterocycles. The zero-order valence-corrected chi connectivity index (χ0v) is 9.32. The number of hydrogen-bond donors (Lipinski definition) is 1. The summed E-state index contributed by atoms with van der Waals surface area (Å²) in [5, 5.41) is 8.62. The minimum absolute atomic E-state index is 0.191. The van der Waals surface area contributed by atoms with E-state index in [9.17, 15) is 4.79 Å². The third kappa shape index (κ3) is 3.38. The smallest absolute Gasteiger partial charge is 0.309 e. The van der Waals surface area contributed by atoms with Gasteiger partial charge in [0.05, 0.1) is 5.92 Å². The van der Waals surface area contributed by atoms with Crippen LogP contribution in [0, 0.1) is 5.92 Å². The highest BCUT2D eigenvalue weighted by Crippen LogP contribution is 2.16. The molecule has 1 aromatic carbocycles. The number of hydrogen-bond acceptors (Lipinski definition) is 2. The van der Waals surface area contributed by atoms with Crippen molar-refractivity contribution in [3.63, 3.8) is 0 Å². The van der Waals surface area contributed by atoms with Gasteiger partial charge in [0.1, 0.15) is 12.4 Å². The Morgan fingerprint density at radius 2 is 2.07 bits per heavy atom. The Balaban J connectivity index is 2.46. The van der Waals surface area contributed by atoms with Gasteiger partial charge in [-0.2, -0.15) is 0 Å². The van der Waals surface area contributed by atoms with E-state index >= 15 is 0 Å². The Kier molecular flexibility index (Phi) is 3.95. The fourth-order valence-corrected chi connectivity index (χ4v) is 1.09.